The van der Waals surface area contributed by atoms with Gasteiger partial charge < -0.3 is 9.47 Å². The zero-order chi connectivity index (χ0) is 20.8. The fraction of sp³-hybridized carbons (Fsp3) is 0.524. The van der Waals surface area contributed by atoms with Crippen molar-refractivity contribution in [3.05, 3.63) is 24.3 Å². The molecule has 1 fully saturated rings. The van der Waals surface area contributed by atoms with Gasteiger partial charge in [-0.3, -0.25) is 24.1 Å². The van der Waals surface area contributed by atoms with Gasteiger partial charge in [-0.05, 0) is 37.1 Å². The first kappa shape index (κ1) is 21.6. The second-order valence-corrected chi connectivity index (χ2v) is 6.95. The molecule has 3 unspecified atom stereocenters. The van der Waals surface area contributed by atoms with Crippen molar-refractivity contribution in [2.75, 3.05) is 11.5 Å². The molecule has 1 aromatic carbocycles. The van der Waals surface area contributed by atoms with Crippen molar-refractivity contribution in [2.45, 2.75) is 47.0 Å². The van der Waals surface area contributed by atoms with Crippen LogP contribution in [0, 0.1) is 17.8 Å². The third-order valence-electron chi connectivity index (χ3n) is 4.93. The lowest BCUT2D eigenvalue weighted by molar-refractivity contribution is -0.153. The van der Waals surface area contributed by atoms with E-state index in [1.54, 1.807) is 19.1 Å². The normalized spacial score (nSPS) is 20.2. The SMILES string of the molecule is CCCCOC(=O)C(CC)C1C(=O)N(c2ccc(OC(C)=O)cc2)C(=O)C1C. The topological polar surface area (TPSA) is 90.0 Å². The van der Waals surface area contributed by atoms with Gasteiger partial charge in [0.2, 0.25) is 11.8 Å². The first-order valence-corrected chi connectivity index (χ1v) is 9.64. The highest BCUT2D eigenvalue weighted by Crippen LogP contribution is 2.37. The van der Waals surface area contributed by atoms with Crippen LogP contribution in [0.1, 0.15) is 47.0 Å². The molecule has 0 bridgehead atoms. The van der Waals surface area contributed by atoms with E-state index in [4.69, 9.17) is 9.47 Å². The van der Waals surface area contributed by atoms with Gasteiger partial charge in [0.25, 0.3) is 0 Å². The molecule has 0 N–H and O–H groups in total. The van der Waals surface area contributed by atoms with Gasteiger partial charge in [-0.25, -0.2) is 0 Å². The summed E-state index contributed by atoms with van der Waals surface area (Å²) in [6, 6.07) is 6.13. The van der Waals surface area contributed by atoms with Gasteiger partial charge in [0, 0.05) is 12.8 Å². The minimum atomic E-state index is -0.750. The Hall–Kier alpha value is -2.70. The molecule has 1 aliphatic heterocycles. The summed E-state index contributed by atoms with van der Waals surface area (Å²) in [4.78, 5) is 50.4. The van der Waals surface area contributed by atoms with Crippen LogP contribution < -0.4 is 9.64 Å². The van der Waals surface area contributed by atoms with Crippen LogP contribution >= 0.6 is 0 Å². The highest BCUT2D eigenvalue weighted by molar-refractivity contribution is 6.22. The van der Waals surface area contributed by atoms with Crippen molar-refractivity contribution in [1.82, 2.24) is 0 Å². The fourth-order valence-corrected chi connectivity index (χ4v) is 3.42. The standard InChI is InChI=1S/C21H27NO6/c1-5-7-12-27-21(26)17(6-2)18-13(3)19(24)22(20(18)25)15-8-10-16(11-9-15)28-14(4)23/h8-11,13,17-18H,5-7,12H2,1-4H3. The van der Waals surface area contributed by atoms with Gasteiger partial charge in [-0.15, -0.1) is 0 Å². The summed E-state index contributed by atoms with van der Waals surface area (Å²) in [5.74, 6) is -3.35. The quantitative estimate of drug-likeness (QED) is 0.294. The van der Waals surface area contributed by atoms with E-state index < -0.39 is 35.6 Å². The summed E-state index contributed by atoms with van der Waals surface area (Å²) in [7, 11) is 0. The van der Waals surface area contributed by atoms with Crippen LogP contribution in [-0.2, 0) is 23.9 Å². The highest BCUT2D eigenvalue weighted by atomic mass is 16.5. The van der Waals surface area contributed by atoms with Gasteiger partial charge in [0.1, 0.15) is 5.75 Å². The summed E-state index contributed by atoms with van der Waals surface area (Å²) >= 11 is 0. The first-order chi connectivity index (χ1) is 13.3. The molecule has 2 rings (SSSR count). The molecule has 1 heterocycles. The van der Waals surface area contributed by atoms with Crippen LogP contribution in [0.2, 0.25) is 0 Å². The fourth-order valence-electron chi connectivity index (χ4n) is 3.42. The van der Waals surface area contributed by atoms with E-state index in [1.165, 1.54) is 19.1 Å². The summed E-state index contributed by atoms with van der Waals surface area (Å²) in [6.45, 7) is 7.08. The first-order valence-electron chi connectivity index (χ1n) is 9.64. The minimum Gasteiger partial charge on any atom is -0.465 e. The lowest BCUT2D eigenvalue weighted by atomic mass is 9.82. The summed E-state index contributed by atoms with van der Waals surface area (Å²) < 4.78 is 10.3. The molecular formula is C21H27NO6. The molecule has 0 aromatic heterocycles. The molecule has 0 aliphatic carbocycles. The number of imide groups is 1. The number of nitrogens with zero attached hydrogens (tertiary/aromatic N) is 1. The largest absolute Gasteiger partial charge is 0.465 e. The van der Waals surface area contributed by atoms with Crippen LogP contribution in [-0.4, -0.2) is 30.4 Å². The van der Waals surface area contributed by atoms with E-state index in [2.05, 4.69) is 0 Å². The molecule has 0 radical (unpaired) electrons. The van der Waals surface area contributed by atoms with Gasteiger partial charge in [-0.2, -0.15) is 0 Å². The van der Waals surface area contributed by atoms with E-state index >= 15 is 0 Å². The molecule has 1 aromatic rings. The monoisotopic (exact) mass is 389 g/mol. The lowest BCUT2D eigenvalue weighted by Gasteiger charge is -2.21. The number of unbranched alkanes of at least 4 members (excludes halogenated alkanes) is 1. The van der Waals surface area contributed by atoms with E-state index in [0.29, 0.717) is 24.5 Å². The third-order valence-corrected chi connectivity index (χ3v) is 4.93. The Balaban J connectivity index is 2.21. The molecule has 1 saturated heterocycles. The third kappa shape index (κ3) is 4.58. The van der Waals surface area contributed by atoms with Gasteiger partial charge in [-0.1, -0.05) is 27.2 Å². The molecule has 152 valence electrons. The number of carbonyl (C=O) groups is 4. The number of ether oxygens (including phenoxy) is 2. The Morgan fingerprint density at radius 3 is 2.29 bits per heavy atom. The van der Waals surface area contributed by atoms with Crippen molar-refractivity contribution in [2.24, 2.45) is 17.8 Å². The van der Waals surface area contributed by atoms with Crippen molar-refractivity contribution in [3.63, 3.8) is 0 Å². The predicted octanol–water partition coefficient (Wildman–Crippen LogP) is 3.11. The van der Waals surface area contributed by atoms with Crippen LogP contribution in [0.25, 0.3) is 0 Å². The zero-order valence-electron chi connectivity index (χ0n) is 16.8. The number of esters is 2. The molecular weight excluding hydrogens is 362 g/mol. The number of rotatable bonds is 8. The lowest BCUT2D eigenvalue weighted by Crippen LogP contribution is -2.35. The second-order valence-electron chi connectivity index (χ2n) is 6.95. The van der Waals surface area contributed by atoms with Crippen LogP contribution in [0.15, 0.2) is 24.3 Å². The molecule has 3 atom stereocenters. The van der Waals surface area contributed by atoms with E-state index in [1.807, 2.05) is 13.8 Å². The average molecular weight is 389 g/mol. The average Bonchev–Trinajstić information content (AvgIpc) is 2.87. The van der Waals surface area contributed by atoms with Gasteiger partial charge in [0.05, 0.1) is 24.1 Å². The Morgan fingerprint density at radius 2 is 1.75 bits per heavy atom. The highest BCUT2D eigenvalue weighted by Gasteiger charge is 2.51. The maximum absolute atomic E-state index is 13.0. The predicted molar refractivity (Wildman–Crippen MR) is 103 cm³/mol. The summed E-state index contributed by atoms with van der Waals surface area (Å²) in [5, 5.41) is 0. The number of anilines is 1. The van der Waals surface area contributed by atoms with Crippen molar-refractivity contribution >= 4 is 29.4 Å². The Kier molecular flexibility index (Phi) is 7.31. The molecule has 28 heavy (non-hydrogen) atoms. The number of carbonyl (C=O) groups excluding carboxylic acids is 4. The molecule has 7 heteroatoms. The van der Waals surface area contributed by atoms with Crippen molar-refractivity contribution < 1.29 is 28.7 Å². The van der Waals surface area contributed by atoms with Gasteiger partial charge in [0.15, 0.2) is 0 Å². The number of hydrogen-bond acceptors (Lipinski definition) is 6. The molecule has 2 amide bonds. The summed E-state index contributed by atoms with van der Waals surface area (Å²) in [5.41, 5.74) is 0.384. The van der Waals surface area contributed by atoms with Crippen LogP contribution in [0.4, 0.5) is 5.69 Å². The van der Waals surface area contributed by atoms with E-state index in [0.717, 1.165) is 17.7 Å². The number of hydrogen-bond donors (Lipinski definition) is 0. The second kappa shape index (κ2) is 9.48. The summed E-state index contributed by atoms with van der Waals surface area (Å²) in [6.07, 6.45) is 2.08. The molecule has 7 nitrogen and oxygen atoms in total. The molecule has 0 saturated carbocycles. The molecule has 0 spiro atoms. The van der Waals surface area contributed by atoms with Gasteiger partial charge >= 0.3 is 11.9 Å². The maximum atomic E-state index is 13.0. The Labute approximate surface area is 165 Å². The number of amides is 2. The Morgan fingerprint density at radius 1 is 1.11 bits per heavy atom. The van der Waals surface area contributed by atoms with Crippen LogP contribution in [0.3, 0.4) is 0 Å². The smallest absolute Gasteiger partial charge is 0.309 e. The van der Waals surface area contributed by atoms with Crippen molar-refractivity contribution in [1.29, 1.82) is 0 Å². The number of benzene rings is 1. The minimum absolute atomic E-state index is 0.316. The van der Waals surface area contributed by atoms with E-state index in [9.17, 15) is 19.2 Å². The van der Waals surface area contributed by atoms with E-state index in [-0.39, 0.29) is 5.91 Å². The van der Waals surface area contributed by atoms with Crippen LogP contribution in [0.5, 0.6) is 5.75 Å². The maximum Gasteiger partial charge on any atom is 0.309 e. The molecule has 1 aliphatic rings. The van der Waals surface area contributed by atoms with Crippen molar-refractivity contribution in [3.8, 4) is 5.75 Å². The zero-order valence-corrected chi connectivity index (χ0v) is 16.8. The Bertz CT molecular complexity index is 742.